The second-order valence-corrected chi connectivity index (χ2v) is 12.2. The Morgan fingerprint density at radius 2 is 1.83 bits per heavy atom. The first kappa shape index (κ1) is 23.0. The molecular formula is C26H32N6OS2. The maximum absolute atomic E-state index is 13.1. The number of likely N-dealkylation sites (tertiary alicyclic amines) is 1. The fourth-order valence-corrected chi connectivity index (χ4v) is 7.06. The minimum atomic E-state index is 0.168. The van der Waals surface area contributed by atoms with Crippen LogP contribution in [0.2, 0.25) is 0 Å². The Bertz CT molecular complexity index is 1200. The summed E-state index contributed by atoms with van der Waals surface area (Å²) in [5.74, 6) is 0.865. The van der Waals surface area contributed by atoms with Gasteiger partial charge in [0.05, 0.1) is 10.2 Å². The van der Waals surface area contributed by atoms with Gasteiger partial charge >= 0.3 is 0 Å². The molecule has 184 valence electrons. The number of thioether (sulfide) groups is 1. The van der Waals surface area contributed by atoms with Crippen LogP contribution in [-0.2, 0) is 0 Å². The quantitative estimate of drug-likeness (QED) is 0.416. The molecule has 0 bridgehead atoms. The molecule has 3 heterocycles. The number of rotatable bonds is 6. The van der Waals surface area contributed by atoms with Gasteiger partial charge in [-0.15, -0.1) is 11.8 Å². The summed E-state index contributed by atoms with van der Waals surface area (Å²) in [5.41, 5.74) is 2.30. The highest BCUT2D eigenvalue weighted by atomic mass is 32.2. The standard InChI is InChI=1S/C26H32N6OS2/c1-34-20-15-27-24(28-16-20)29-18-4-5-19(14-18)30-25-31-21-6-3-17(13-22(21)35-25)23(33)32-11-9-26(10-12-32)7-2-8-26/h3,6,13,15-16,18-19H,2,4-5,7-12,14H2,1H3,(H,30,31)(H,27,28,29)/t18-,19-/m0/s1. The fourth-order valence-electron chi connectivity index (χ4n) is 5.76. The van der Waals surface area contributed by atoms with Crippen LogP contribution in [-0.4, -0.2) is 57.2 Å². The number of anilines is 2. The van der Waals surface area contributed by atoms with Gasteiger partial charge in [0.25, 0.3) is 5.91 Å². The number of thiazole rings is 1. The topological polar surface area (TPSA) is 83.0 Å². The lowest BCUT2D eigenvalue weighted by atomic mass is 9.63. The van der Waals surface area contributed by atoms with Gasteiger partial charge in [0.2, 0.25) is 5.95 Å². The molecule has 1 spiro atoms. The van der Waals surface area contributed by atoms with Crippen LogP contribution in [0.1, 0.15) is 61.7 Å². The molecule has 2 N–H and O–H groups in total. The van der Waals surface area contributed by atoms with E-state index in [0.717, 1.165) is 58.2 Å². The number of hydrogen-bond donors (Lipinski definition) is 2. The lowest BCUT2D eigenvalue weighted by molar-refractivity contribution is 0.0286. The van der Waals surface area contributed by atoms with Gasteiger partial charge in [-0.05, 0) is 74.8 Å². The van der Waals surface area contributed by atoms with Crippen LogP contribution in [0.5, 0.6) is 0 Å². The van der Waals surface area contributed by atoms with E-state index in [1.165, 1.54) is 32.1 Å². The van der Waals surface area contributed by atoms with Gasteiger partial charge in [-0.25, -0.2) is 15.0 Å². The largest absolute Gasteiger partial charge is 0.359 e. The zero-order valence-corrected chi connectivity index (χ0v) is 21.8. The predicted octanol–water partition coefficient (Wildman–Crippen LogP) is 5.66. The van der Waals surface area contributed by atoms with Gasteiger partial charge < -0.3 is 15.5 Å². The van der Waals surface area contributed by atoms with Gasteiger partial charge in [0.1, 0.15) is 0 Å². The molecule has 2 aromatic heterocycles. The molecule has 0 radical (unpaired) electrons. The molecule has 2 saturated carbocycles. The molecule has 1 aromatic carbocycles. The van der Waals surface area contributed by atoms with Crippen LogP contribution >= 0.6 is 23.1 Å². The number of fused-ring (bicyclic) bond motifs is 1. The number of aromatic nitrogens is 3. The molecule has 3 fully saturated rings. The number of carbonyl (C=O) groups is 1. The van der Waals surface area contributed by atoms with Crippen molar-refractivity contribution in [3.8, 4) is 0 Å². The summed E-state index contributed by atoms with van der Waals surface area (Å²) in [4.78, 5) is 29.9. The van der Waals surface area contributed by atoms with Crippen molar-refractivity contribution in [2.75, 3.05) is 30.0 Å². The van der Waals surface area contributed by atoms with Crippen molar-refractivity contribution in [1.82, 2.24) is 19.9 Å². The molecule has 3 aromatic rings. The first-order valence-corrected chi connectivity index (χ1v) is 14.7. The van der Waals surface area contributed by atoms with Crippen molar-refractivity contribution in [1.29, 1.82) is 0 Å². The molecule has 1 amide bonds. The summed E-state index contributed by atoms with van der Waals surface area (Å²) < 4.78 is 1.07. The van der Waals surface area contributed by atoms with E-state index in [-0.39, 0.29) is 5.91 Å². The molecule has 2 atom stereocenters. The fraction of sp³-hybridized carbons (Fsp3) is 0.538. The van der Waals surface area contributed by atoms with E-state index in [4.69, 9.17) is 4.98 Å². The van der Waals surface area contributed by atoms with Crippen molar-refractivity contribution in [3.63, 3.8) is 0 Å². The summed E-state index contributed by atoms with van der Waals surface area (Å²) in [6, 6.07) is 6.69. The van der Waals surface area contributed by atoms with Crippen molar-refractivity contribution in [2.45, 2.75) is 68.3 Å². The van der Waals surface area contributed by atoms with E-state index in [9.17, 15) is 4.79 Å². The first-order chi connectivity index (χ1) is 17.1. The smallest absolute Gasteiger partial charge is 0.253 e. The maximum atomic E-state index is 13.1. The van der Waals surface area contributed by atoms with Crippen LogP contribution in [0.15, 0.2) is 35.5 Å². The summed E-state index contributed by atoms with van der Waals surface area (Å²) in [6.45, 7) is 1.80. The number of amides is 1. The number of benzene rings is 1. The molecular weight excluding hydrogens is 476 g/mol. The van der Waals surface area contributed by atoms with E-state index in [1.807, 2.05) is 36.8 Å². The number of nitrogens with zero attached hydrogens (tertiary/aromatic N) is 4. The molecule has 6 rings (SSSR count). The Balaban J connectivity index is 1.06. The summed E-state index contributed by atoms with van der Waals surface area (Å²) in [5, 5.41) is 8.02. The normalized spacial score (nSPS) is 23.4. The van der Waals surface area contributed by atoms with Crippen LogP contribution in [0, 0.1) is 5.41 Å². The van der Waals surface area contributed by atoms with E-state index in [2.05, 4.69) is 25.5 Å². The highest BCUT2D eigenvalue weighted by Gasteiger charge is 2.40. The maximum Gasteiger partial charge on any atom is 0.253 e. The van der Waals surface area contributed by atoms with Gasteiger partial charge in [-0.3, -0.25) is 4.79 Å². The van der Waals surface area contributed by atoms with Crippen LogP contribution in [0.3, 0.4) is 0 Å². The Labute approximate surface area is 214 Å². The van der Waals surface area contributed by atoms with Crippen molar-refractivity contribution in [3.05, 3.63) is 36.2 Å². The predicted molar refractivity (Wildman–Crippen MR) is 144 cm³/mol. The highest BCUT2D eigenvalue weighted by Crippen LogP contribution is 2.49. The van der Waals surface area contributed by atoms with E-state index >= 15 is 0 Å². The molecule has 9 heteroatoms. The summed E-state index contributed by atoms with van der Waals surface area (Å²) >= 11 is 3.29. The van der Waals surface area contributed by atoms with Crippen LogP contribution in [0.25, 0.3) is 10.2 Å². The second-order valence-electron chi connectivity index (χ2n) is 10.3. The molecule has 7 nitrogen and oxygen atoms in total. The zero-order chi connectivity index (χ0) is 23.8. The van der Waals surface area contributed by atoms with Gasteiger partial charge in [0, 0.05) is 48.0 Å². The van der Waals surface area contributed by atoms with Crippen LogP contribution < -0.4 is 10.6 Å². The van der Waals surface area contributed by atoms with E-state index in [1.54, 1.807) is 23.1 Å². The average Bonchev–Trinajstić information content (AvgIpc) is 3.48. The average molecular weight is 509 g/mol. The summed E-state index contributed by atoms with van der Waals surface area (Å²) in [7, 11) is 0. The Morgan fingerprint density at radius 3 is 2.51 bits per heavy atom. The zero-order valence-electron chi connectivity index (χ0n) is 20.1. The molecule has 2 aliphatic carbocycles. The SMILES string of the molecule is CSc1cnc(N[C@H]2CC[C@H](Nc3nc4ccc(C(=O)N5CCC6(CCC6)CC5)cc4s3)C2)nc1. The van der Waals surface area contributed by atoms with Gasteiger partial charge in [0.15, 0.2) is 5.13 Å². The van der Waals surface area contributed by atoms with Gasteiger partial charge in [-0.1, -0.05) is 17.8 Å². The van der Waals surface area contributed by atoms with Crippen molar-refractivity contribution in [2.24, 2.45) is 5.41 Å². The molecule has 35 heavy (non-hydrogen) atoms. The second kappa shape index (κ2) is 9.58. The Kier molecular flexibility index (Phi) is 6.30. The lowest BCUT2D eigenvalue weighted by Crippen LogP contribution is -2.45. The van der Waals surface area contributed by atoms with Crippen LogP contribution in [0.4, 0.5) is 11.1 Å². The summed E-state index contributed by atoms with van der Waals surface area (Å²) in [6.07, 6.45) is 15.3. The minimum Gasteiger partial charge on any atom is -0.359 e. The van der Waals surface area contributed by atoms with E-state index < -0.39 is 0 Å². The lowest BCUT2D eigenvalue weighted by Gasteiger charge is -2.48. The monoisotopic (exact) mass is 508 g/mol. The van der Waals surface area contributed by atoms with Gasteiger partial charge in [-0.2, -0.15) is 0 Å². The third-order valence-electron chi connectivity index (χ3n) is 8.12. The highest BCUT2D eigenvalue weighted by molar-refractivity contribution is 7.98. The number of piperidine rings is 1. The van der Waals surface area contributed by atoms with E-state index in [0.29, 0.717) is 23.4 Å². The number of carbonyl (C=O) groups excluding carboxylic acids is 1. The number of hydrogen-bond acceptors (Lipinski definition) is 8. The molecule has 1 aliphatic heterocycles. The Hall–Kier alpha value is -2.39. The molecule has 1 saturated heterocycles. The minimum absolute atomic E-state index is 0.168. The molecule has 0 unspecified atom stereocenters. The number of nitrogens with one attached hydrogen (secondary N) is 2. The first-order valence-electron chi connectivity index (χ1n) is 12.7. The molecule has 3 aliphatic rings. The van der Waals surface area contributed by atoms with Crippen molar-refractivity contribution >= 4 is 50.3 Å². The Morgan fingerprint density at radius 1 is 1.09 bits per heavy atom. The third kappa shape index (κ3) is 4.85. The third-order valence-corrected chi connectivity index (χ3v) is 9.75. The van der Waals surface area contributed by atoms with Crippen molar-refractivity contribution < 1.29 is 4.79 Å².